The third-order valence-corrected chi connectivity index (χ3v) is 4.68. The van der Waals surface area contributed by atoms with Gasteiger partial charge in [-0.15, -0.1) is 11.3 Å². The fourth-order valence-electron chi connectivity index (χ4n) is 2.31. The third-order valence-electron chi connectivity index (χ3n) is 3.81. The van der Waals surface area contributed by atoms with Gasteiger partial charge in [-0.2, -0.15) is 0 Å². The van der Waals surface area contributed by atoms with Crippen LogP contribution in [0, 0.1) is 6.92 Å². The molecule has 0 aliphatic carbocycles. The van der Waals surface area contributed by atoms with Crippen molar-refractivity contribution in [3.8, 4) is 5.75 Å². The third kappa shape index (κ3) is 5.06. The Labute approximate surface area is 142 Å². The number of ether oxygens (including phenoxy) is 1. The molecule has 2 aromatic rings. The first kappa shape index (κ1) is 17.5. The summed E-state index contributed by atoms with van der Waals surface area (Å²) >= 11 is 1.57. The quantitative estimate of drug-likeness (QED) is 0.764. The van der Waals surface area contributed by atoms with Crippen LogP contribution in [-0.4, -0.2) is 21.8 Å². The zero-order chi connectivity index (χ0) is 16.8. The molecule has 1 heterocycles. The topological polar surface area (TPSA) is 42.4 Å². The Kier molecular flexibility index (Phi) is 6.16. The Morgan fingerprint density at radius 3 is 2.87 bits per heavy atom. The lowest BCUT2D eigenvalue weighted by Gasteiger charge is -2.26. The molecule has 23 heavy (non-hydrogen) atoms. The summed E-state index contributed by atoms with van der Waals surface area (Å²) in [6.07, 6.45) is 0.938. The minimum absolute atomic E-state index is 0.0879. The molecular formula is C18H24N2O2S. The summed E-state index contributed by atoms with van der Waals surface area (Å²) in [5.41, 5.74) is 2.10. The van der Waals surface area contributed by atoms with Crippen LogP contribution < -0.4 is 4.74 Å². The largest absolute Gasteiger partial charge is 0.486 e. The number of carbonyl (C=O) groups excluding carboxylic acids is 1. The minimum atomic E-state index is 0.0879. The molecule has 0 N–H and O–H groups in total. The summed E-state index contributed by atoms with van der Waals surface area (Å²) in [5.74, 6) is 0.941. The van der Waals surface area contributed by atoms with Crippen molar-refractivity contribution in [2.24, 2.45) is 0 Å². The predicted molar refractivity (Wildman–Crippen MR) is 93.6 cm³/mol. The van der Waals surface area contributed by atoms with Gasteiger partial charge < -0.3 is 9.64 Å². The van der Waals surface area contributed by atoms with Crippen LogP contribution in [0.4, 0.5) is 0 Å². The molecule has 0 bridgehead atoms. The first-order chi connectivity index (χ1) is 11.0. The molecule has 0 aliphatic rings. The number of amides is 1. The zero-order valence-electron chi connectivity index (χ0n) is 14.2. The number of hydrogen-bond acceptors (Lipinski definition) is 4. The second-order valence-corrected chi connectivity index (χ2v) is 6.68. The van der Waals surface area contributed by atoms with Crippen LogP contribution in [0.1, 0.15) is 43.5 Å². The van der Waals surface area contributed by atoms with E-state index in [4.69, 9.17) is 4.74 Å². The lowest BCUT2D eigenvalue weighted by molar-refractivity contribution is -0.131. The summed E-state index contributed by atoms with van der Waals surface area (Å²) in [6.45, 7) is 8.82. The van der Waals surface area contributed by atoms with Crippen molar-refractivity contribution in [3.63, 3.8) is 0 Å². The predicted octanol–water partition coefficient (Wildman–Crippen LogP) is 4.18. The van der Waals surface area contributed by atoms with E-state index in [1.807, 2.05) is 41.5 Å². The van der Waals surface area contributed by atoms with E-state index in [1.54, 1.807) is 18.3 Å². The second kappa shape index (κ2) is 8.11. The van der Waals surface area contributed by atoms with E-state index in [2.05, 4.69) is 18.8 Å². The van der Waals surface area contributed by atoms with Crippen LogP contribution in [0.15, 0.2) is 29.6 Å². The Morgan fingerprint density at radius 2 is 2.22 bits per heavy atom. The molecule has 0 aliphatic heterocycles. The highest BCUT2D eigenvalue weighted by Crippen LogP contribution is 2.18. The molecule has 0 radical (unpaired) electrons. The standard InChI is InChI=1S/C18H24N2O2S/c1-5-14(3)20(15(4)21)10-16-12-23-18(19-16)11-22-17-8-6-7-13(2)9-17/h6-9,12,14H,5,10-11H2,1-4H3/t14-/m1/s1. The Balaban J connectivity index is 1.96. The molecule has 124 valence electrons. The van der Waals surface area contributed by atoms with Gasteiger partial charge in [-0.1, -0.05) is 19.1 Å². The number of hydrogen-bond donors (Lipinski definition) is 0. The highest BCUT2D eigenvalue weighted by atomic mass is 32.1. The van der Waals surface area contributed by atoms with E-state index in [9.17, 15) is 4.79 Å². The number of rotatable bonds is 7. The first-order valence-corrected chi connectivity index (χ1v) is 8.77. The van der Waals surface area contributed by atoms with Crippen LogP contribution in [0.25, 0.3) is 0 Å². The van der Waals surface area contributed by atoms with Gasteiger partial charge in [-0.3, -0.25) is 4.79 Å². The molecule has 0 spiro atoms. The highest BCUT2D eigenvalue weighted by Gasteiger charge is 2.17. The van der Waals surface area contributed by atoms with E-state index in [1.165, 1.54) is 5.56 Å². The minimum Gasteiger partial charge on any atom is -0.486 e. The zero-order valence-corrected chi connectivity index (χ0v) is 15.0. The average molecular weight is 332 g/mol. The van der Waals surface area contributed by atoms with E-state index in [0.29, 0.717) is 13.2 Å². The summed E-state index contributed by atoms with van der Waals surface area (Å²) in [6, 6.07) is 8.20. The van der Waals surface area contributed by atoms with E-state index in [0.717, 1.165) is 22.9 Å². The van der Waals surface area contributed by atoms with Gasteiger partial charge in [0.1, 0.15) is 17.4 Å². The molecule has 4 nitrogen and oxygen atoms in total. The molecule has 1 amide bonds. The molecule has 1 aromatic heterocycles. The number of thiazole rings is 1. The van der Waals surface area contributed by atoms with Crippen molar-refractivity contribution >= 4 is 17.2 Å². The molecule has 0 fully saturated rings. The van der Waals surface area contributed by atoms with Gasteiger partial charge in [0.15, 0.2) is 0 Å². The lowest BCUT2D eigenvalue weighted by atomic mass is 10.2. The fraction of sp³-hybridized carbons (Fsp3) is 0.444. The van der Waals surface area contributed by atoms with E-state index in [-0.39, 0.29) is 11.9 Å². The monoisotopic (exact) mass is 332 g/mol. The molecule has 0 saturated heterocycles. The number of benzene rings is 1. The number of nitrogens with zero attached hydrogens (tertiary/aromatic N) is 2. The first-order valence-electron chi connectivity index (χ1n) is 7.89. The SMILES string of the molecule is CC[C@@H](C)N(Cc1csc(COc2cccc(C)c2)n1)C(C)=O. The molecular weight excluding hydrogens is 308 g/mol. The molecule has 0 saturated carbocycles. The molecule has 0 unspecified atom stereocenters. The van der Waals surface area contributed by atoms with Crippen molar-refractivity contribution in [1.82, 2.24) is 9.88 Å². The Bertz CT molecular complexity index is 654. The maximum Gasteiger partial charge on any atom is 0.220 e. The highest BCUT2D eigenvalue weighted by molar-refractivity contribution is 7.09. The fourth-order valence-corrected chi connectivity index (χ4v) is 3.01. The van der Waals surface area contributed by atoms with Crippen LogP contribution in [0.3, 0.4) is 0 Å². The van der Waals surface area contributed by atoms with Crippen molar-refractivity contribution in [1.29, 1.82) is 0 Å². The molecule has 5 heteroatoms. The van der Waals surface area contributed by atoms with E-state index < -0.39 is 0 Å². The number of aryl methyl sites for hydroxylation is 1. The summed E-state index contributed by atoms with van der Waals surface area (Å²) in [7, 11) is 0. The summed E-state index contributed by atoms with van der Waals surface area (Å²) < 4.78 is 5.77. The van der Waals surface area contributed by atoms with E-state index >= 15 is 0 Å². The van der Waals surface area contributed by atoms with Crippen LogP contribution in [0.5, 0.6) is 5.75 Å². The lowest BCUT2D eigenvalue weighted by Crippen LogP contribution is -2.36. The van der Waals surface area contributed by atoms with Gasteiger partial charge in [0, 0.05) is 18.3 Å². The van der Waals surface area contributed by atoms with Gasteiger partial charge in [0.25, 0.3) is 0 Å². The normalized spacial score (nSPS) is 12.0. The van der Waals surface area contributed by atoms with Crippen LogP contribution >= 0.6 is 11.3 Å². The van der Waals surface area contributed by atoms with Crippen molar-refractivity contribution in [2.75, 3.05) is 0 Å². The Morgan fingerprint density at radius 1 is 1.43 bits per heavy atom. The number of carbonyl (C=O) groups is 1. The molecule has 2 rings (SSSR count). The van der Waals surface area contributed by atoms with Crippen molar-refractivity contribution in [2.45, 2.75) is 53.3 Å². The maximum atomic E-state index is 11.8. The van der Waals surface area contributed by atoms with Crippen molar-refractivity contribution < 1.29 is 9.53 Å². The summed E-state index contributed by atoms with van der Waals surface area (Å²) in [5, 5.41) is 2.93. The van der Waals surface area contributed by atoms with Crippen LogP contribution in [0.2, 0.25) is 0 Å². The smallest absolute Gasteiger partial charge is 0.220 e. The van der Waals surface area contributed by atoms with Crippen LogP contribution in [-0.2, 0) is 17.9 Å². The average Bonchev–Trinajstić information content (AvgIpc) is 2.97. The van der Waals surface area contributed by atoms with Gasteiger partial charge in [-0.05, 0) is 38.0 Å². The van der Waals surface area contributed by atoms with Gasteiger partial charge in [0.2, 0.25) is 5.91 Å². The number of aromatic nitrogens is 1. The van der Waals surface area contributed by atoms with Gasteiger partial charge in [-0.25, -0.2) is 4.98 Å². The maximum absolute atomic E-state index is 11.8. The molecule has 1 aromatic carbocycles. The Hall–Kier alpha value is -1.88. The van der Waals surface area contributed by atoms with Crippen molar-refractivity contribution in [3.05, 3.63) is 45.9 Å². The van der Waals surface area contributed by atoms with Gasteiger partial charge in [0.05, 0.1) is 12.2 Å². The summed E-state index contributed by atoms with van der Waals surface area (Å²) in [4.78, 5) is 18.2. The van der Waals surface area contributed by atoms with Gasteiger partial charge >= 0.3 is 0 Å². The second-order valence-electron chi connectivity index (χ2n) is 5.74. The molecule has 1 atom stereocenters.